The van der Waals surface area contributed by atoms with Crippen molar-refractivity contribution in [2.45, 2.75) is 6.92 Å². The molecule has 0 amide bonds. The molecule has 0 aliphatic rings. The quantitative estimate of drug-likeness (QED) is 0.685. The first-order valence-electron chi connectivity index (χ1n) is 5.79. The molecule has 3 aromatic rings. The second kappa shape index (κ2) is 4.61. The van der Waals surface area contributed by atoms with Gasteiger partial charge in [0.2, 0.25) is 5.82 Å². The van der Waals surface area contributed by atoms with Crippen LogP contribution in [-0.4, -0.2) is 30.3 Å². The Hall–Kier alpha value is -2.96. The smallest absolute Gasteiger partial charge is 0.262 e. The number of aromatic nitrogens is 4. The van der Waals surface area contributed by atoms with Gasteiger partial charge in [-0.15, -0.1) is 0 Å². The molecule has 0 saturated heterocycles. The number of aryl methyl sites for hydroxylation is 1. The molecule has 7 nitrogen and oxygen atoms in total. The van der Waals surface area contributed by atoms with Crippen LogP contribution in [0.5, 0.6) is 11.5 Å². The highest BCUT2D eigenvalue weighted by Gasteiger charge is 2.15. The Bertz CT molecular complexity index is 770. The highest BCUT2D eigenvalue weighted by molar-refractivity contribution is 5.65. The third-order valence-corrected chi connectivity index (χ3v) is 2.64. The van der Waals surface area contributed by atoms with Gasteiger partial charge >= 0.3 is 0 Å². The maximum Gasteiger partial charge on any atom is 0.262 e. The molecule has 0 unspecified atom stereocenters. The molecule has 3 rings (SSSR count). The maximum atomic E-state index is 9.75. The van der Waals surface area contributed by atoms with Crippen LogP contribution in [0.4, 0.5) is 0 Å². The van der Waals surface area contributed by atoms with Gasteiger partial charge in [-0.1, -0.05) is 5.16 Å². The average molecular weight is 270 g/mol. The first-order valence-corrected chi connectivity index (χ1v) is 5.79. The number of hydrogen-bond acceptors (Lipinski definition) is 7. The Labute approximate surface area is 113 Å². The van der Waals surface area contributed by atoms with Crippen LogP contribution in [0.15, 0.2) is 35.0 Å². The zero-order chi connectivity index (χ0) is 14.1. The van der Waals surface area contributed by atoms with Gasteiger partial charge in [0.1, 0.15) is 23.0 Å². The number of phenols is 2. The summed E-state index contributed by atoms with van der Waals surface area (Å²) >= 11 is 0. The molecular weight excluding hydrogens is 260 g/mol. The van der Waals surface area contributed by atoms with Crippen molar-refractivity contribution in [2.24, 2.45) is 0 Å². The molecule has 0 fully saturated rings. The van der Waals surface area contributed by atoms with Gasteiger partial charge in [-0.25, -0.2) is 9.97 Å². The number of hydrogen-bond donors (Lipinski definition) is 2. The zero-order valence-corrected chi connectivity index (χ0v) is 10.5. The summed E-state index contributed by atoms with van der Waals surface area (Å²) in [6.45, 7) is 1.76. The highest BCUT2D eigenvalue weighted by Crippen LogP contribution is 2.31. The molecule has 1 aromatic carbocycles. The molecule has 20 heavy (non-hydrogen) atoms. The molecule has 2 heterocycles. The van der Waals surface area contributed by atoms with Crippen LogP contribution in [0.3, 0.4) is 0 Å². The Morgan fingerprint density at radius 3 is 2.75 bits per heavy atom. The van der Waals surface area contributed by atoms with Crippen LogP contribution in [0.25, 0.3) is 23.0 Å². The standard InChI is InChI=1S/C13H10N4O3/c1-7-14-5-4-10(15-7)12-16-13(20-17-12)9-6-8(18)2-3-11(9)19/h2-6,18-19H,1H3. The van der Waals surface area contributed by atoms with E-state index in [1.54, 1.807) is 19.2 Å². The van der Waals surface area contributed by atoms with Crippen LogP contribution in [-0.2, 0) is 0 Å². The summed E-state index contributed by atoms with van der Waals surface area (Å²) in [6.07, 6.45) is 1.60. The average Bonchev–Trinajstić information content (AvgIpc) is 2.91. The Morgan fingerprint density at radius 1 is 1.10 bits per heavy atom. The molecule has 0 aliphatic carbocycles. The highest BCUT2D eigenvalue weighted by atomic mass is 16.5. The molecule has 0 aliphatic heterocycles. The molecular formula is C13H10N4O3. The number of benzene rings is 1. The van der Waals surface area contributed by atoms with E-state index in [9.17, 15) is 10.2 Å². The number of aromatic hydroxyl groups is 2. The van der Waals surface area contributed by atoms with Crippen molar-refractivity contribution < 1.29 is 14.7 Å². The summed E-state index contributed by atoms with van der Waals surface area (Å²) in [4.78, 5) is 12.3. The van der Waals surface area contributed by atoms with Gasteiger partial charge in [0.25, 0.3) is 5.89 Å². The number of phenolic OH excluding ortho intramolecular Hbond substituents is 2. The second-order valence-electron chi connectivity index (χ2n) is 4.11. The molecule has 0 spiro atoms. The van der Waals surface area contributed by atoms with E-state index < -0.39 is 0 Å². The van der Waals surface area contributed by atoms with Crippen molar-refractivity contribution in [1.29, 1.82) is 0 Å². The lowest BCUT2D eigenvalue weighted by molar-refractivity contribution is 0.423. The van der Waals surface area contributed by atoms with E-state index in [4.69, 9.17) is 4.52 Å². The molecule has 0 radical (unpaired) electrons. The zero-order valence-electron chi connectivity index (χ0n) is 10.5. The van der Waals surface area contributed by atoms with Crippen LogP contribution in [0, 0.1) is 6.92 Å². The summed E-state index contributed by atoms with van der Waals surface area (Å²) in [5, 5.41) is 23.0. The van der Waals surface area contributed by atoms with Crippen molar-refractivity contribution in [3.05, 3.63) is 36.3 Å². The molecule has 2 N–H and O–H groups in total. The first-order chi connectivity index (χ1) is 9.63. The molecule has 100 valence electrons. The van der Waals surface area contributed by atoms with Crippen molar-refractivity contribution in [1.82, 2.24) is 20.1 Å². The Morgan fingerprint density at radius 2 is 1.95 bits per heavy atom. The fourth-order valence-electron chi connectivity index (χ4n) is 1.71. The number of rotatable bonds is 2. The van der Waals surface area contributed by atoms with Crippen LogP contribution >= 0.6 is 0 Å². The summed E-state index contributed by atoms with van der Waals surface area (Å²) in [6, 6.07) is 5.72. The predicted molar refractivity (Wildman–Crippen MR) is 68.8 cm³/mol. The summed E-state index contributed by atoms with van der Waals surface area (Å²) in [7, 11) is 0. The monoisotopic (exact) mass is 270 g/mol. The minimum atomic E-state index is -0.0585. The van der Waals surface area contributed by atoms with E-state index in [0.717, 1.165) is 0 Å². The molecule has 2 aromatic heterocycles. The molecule has 7 heteroatoms. The lowest BCUT2D eigenvalue weighted by Gasteiger charge is -1.99. The SMILES string of the molecule is Cc1nccc(-c2noc(-c3cc(O)ccc3O)n2)n1. The topological polar surface area (TPSA) is 105 Å². The third-order valence-electron chi connectivity index (χ3n) is 2.64. The lowest BCUT2D eigenvalue weighted by Crippen LogP contribution is -1.91. The van der Waals surface area contributed by atoms with Gasteiger partial charge in [0.15, 0.2) is 0 Å². The van der Waals surface area contributed by atoms with Gasteiger partial charge < -0.3 is 14.7 Å². The van der Waals surface area contributed by atoms with Gasteiger partial charge in [-0.05, 0) is 31.2 Å². The van der Waals surface area contributed by atoms with Crippen molar-refractivity contribution >= 4 is 0 Å². The fraction of sp³-hybridized carbons (Fsp3) is 0.0769. The van der Waals surface area contributed by atoms with Crippen molar-refractivity contribution in [3.8, 4) is 34.5 Å². The van der Waals surface area contributed by atoms with Crippen LogP contribution in [0.2, 0.25) is 0 Å². The van der Waals surface area contributed by atoms with Gasteiger partial charge in [-0.2, -0.15) is 4.98 Å². The van der Waals surface area contributed by atoms with Crippen molar-refractivity contribution in [3.63, 3.8) is 0 Å². The molecule has 0 bridgehead atoms. The largest absolute Gasteiger partial charge is 0.508 e. The van der Waals surface area contributed by atoms with Gasteiger partial charge in [0, 0.05) is 6.20 Å². The van der Waals surface area contributed by atoms with Gasteiger partial charge in [0.05, 0.1) is 5.56 Å². The molecule has 0 atom stereocenters. The van der Waals surface area contributed by atoms with Crippen molar-refractivity contribution in [2.75, 3.05) is 0 Å². The maximum absolute atomic E-state index is 9.75. The minimum Gasteiger partial charge on any atom is -0.508 e. The van der Waals surface area contributed by atoms with Crippen LogP contribution in [0.1, 0.15) is 5.82 Å². The van der Waals surface area contributed by atoms with Crippen LogP contribution < -0.4 is 0 Å². The summed E-state index contributed by atoms with van der Waals surface area (Å²) in [5.74, 6) is 0.916. The Balaban J connectivity index is 2.04. The second-order valence-corrected chi connectivity index (χ2v) is 4.11. The normalized spacial score (nSPS) is 10.7. The van der Waals surface area contributed by atoms with E-state index in [2.05, 4.69) is 20.1 Å². The van der Waals surface area contributed by atoms with E-state index in [1.165, 1.54) is 18.2 Å². The molecule has 0 saturated carbocycles. The van der Waals surface area contributed by atoms with E-state index >= 15 is 0 Å². The minimum absolute atomic E-state index is 0.00423. The fourth-order valence-corrected chi connectivity index (χ4v) is 1.71. The first kappa shape index (κ1) is 12.1. The lowest BCUT2D eigenvalue weighted by atomic mass is 10.2. The summed E-state index contributed by atoms with van der Waals surface area (Å²) < 4.78 is 5.09. The predicted octanol–water partition coefficient (Wildman–Crippen LogP) is 1.91. The van der Waals surface area contributed by atoms with Gasteiger partial charge in [-0.3, -0.25) is 0 Å². The van der Waals surface area contributed by atoms with E-state index in [-0.39, 0.29) is 28.8 Å². The third kappa shape index (κ3) is 2.16. The summed E-state index contributed by atoms with van der Waals surface area (Å²) in [5.41, 5.74) is 0.779. The van der Waals surface area contributed by atoms with E-state index in [1.807, 2.05) is 0 Å². The Kier molecular flexibility index (Phi) is 2.79. The van der Waals surface area contributed by atoms with E-state index in [0.29, 0.717) is 11.5 Å². The number of nitrogens with zero attached hydrogens (tertiary/aromatic N) is 4.